The van der Waals surface area contributed by atoms with Gasteiger partial charge in [0.25, 0.3) is 0 Å². The van der Waals surface area contributed by atoms with Crippen LogP contribution in [0.2, 0.25) is 10.0 Å². The van der Waals surface area contributed by atoms with Gasteiger partial charge in [-0.3, -0.25) is 9.59 Å². The first kappa shape index (κ1) is 19.3. The van der Waals surface area contributed by atoms with Crippen molar-refractivity contribution >= 4 is 40.7 Å². The molecule has 0 saturated carbocycles. The van der Waals surface area contributed by atoms with Gasteiger partial charge in [0.15, 0.2) is 0 Å². The zero-order chi connectivity index (χ0) is 18.4. The molecule has 2 amide bonds. The Morgan fingerprint density at radius 2 is 1.68 bits per heavy atom. The Kier molecular flexibility index (Phi) is 6.85. The van der Waals surface area contributed by atoms with Crippen molar-refractivity contribution in [2.45, 2.75) is 20.3 Å². The molecule has 0 unspecified atom stereocenters. The van der Waals surface area contributed by atoms with E-state index in [1.165, 1.54) is 4.90 Å². The molecule has 0 radical (unpaired) electrons. The monoisotopic (exact) mass is 378 g/mol. The molecular formula is C19H20Cl2N2O2. The smallest absolute Gasteiger partial charge is 0.244 e. The summed E-state index contributed by atoms with van der Waals surface area (Å²) in [5.41, 5.74) is 2.37. The first-order valence-corrected chi connectivity index (χ1v) is 8.74. The normalized spacial score (nSPS) is 10.4. The van der Waals surface area contributed by atoms with Gasteiger partial charge in [-0.25, -0.2) is 0 Å². The minimum atomic E-state index is -0.338. The molecule has 25 heavy (non-hydrogen) atoms. The largest absolute Gasteiger partial charge is 0.333 e. The number of halogens is 2. The lowest BCUT2D eigenvalue weighted by Gasteiger charge is -2.21. The van der Waals surface area contributed by atoms with Crippen molar-refractivity contribution in [2.24, 2.45) is 0 Å². The molecule has 1 N–H and O–H groups in total. The molecule has 0 aliphatic carbocycles. The van der Waals surface area contributed by atoms with Crippen molar-refractivity contribution in [1.29, 1.82) is 0 Å². The van der Waals surface area contributed by atoms with Crippen molar-refractivity contribution in [3.63, 3.8) is 0 Å². The number of para-hydroxylation sites is 1. The highest BCUT2D eigenvalue weighted by Gasteiger charge is 2.18. The molecule has 0 saturated heterocycles. The Morgan fingerprint density at radius 3 is 2.28 bits per heavy atom. The summed E-state index contributed by atoms with van der Waals surface area (Å²) in [5.74, 6) is -0.438. The van der Waals surface area contributed by atoms with E-state index in [1.54, 1.807) is 18.2 Å². The summed E-state index contributed by atoms with van der Waals surface area (Å²) in [6.45, 7) is 4.19. The minimum absolute atomic E-state index is 0.0528. The summed E-state index contributed by atoms with van der Waals surface area (Å²) in [6.07, 6.45) is 0.265. The second kappa shape index (κ2) is 8.88. The van der Waals surface area contributed by atoms with Crippen molar-refractivity contribution in [2.75, 3.05) is 18.4 Å². The van der Waals surface area contributed by atoms with Gasteiger partial charge in [-0.05, 0) is 37.1 Å². The molecule has 0 aliphatic heterocycles. The van der Waals surface area contributed by atoms with Gasteiger partial charge in [0.2, 0.25) is 11.8 Å². The number of amides is 2. The second-order valence-electron chi connectivity index (χ2n) is 5.66. The maximum Gasteiger partial charge on any atom is 0.244 e. The summed E-state index contributed by atoms with van der Waals surface area (Å²) in [7, 11) is 0. The molecule has 0 atom stereocenters. The van der Waals surface area contributed by atoms with Crippen LogP contribution in [0.3, 0.4) is 0 Å². The van der Waals surface area contributed by atoms with Crippen molar-refractivity contribution in [1.82, 2.24) is 4.90 Å². The zero-order valence-corrected chi connectivity index (χ0v) is 15.7. The fourth-order valence-electron chi connectivity index (χ4n) is 2.43. The molecule has 2 rings (SSSR count). The van der Waals surface area contributed by atoms with Gasteiger partial charge in [-0.15, -0.1) is 0 Å². The molecule has 6 heteroatoms. The van der Waals surface area contributed by atoms with E-state index in [2.05, 4.69) is 5.32 Å². The number of rotatable bonds is 6. The van der Waals surface area contributed by atoms with Crippen LogP contribution in [-0.2, 0) is 16.0 Å². The number of aryl methyl sites for hydroxylation is 1. The maximum absolute atomic E-state index is 12.5. The van der Waals surface area contributed by atoms with Gasteiger partial charge in [0, 0.05) is 6.54 Å². The van der Waals surface area contributed by atoms with Gasteiger partial charge in [0.05, 0.1) is 28.7 Å². The van der Waals surface area contributed by atoms with Crippen LogP contribution in [0.4, 0.5) is 5.69 Å². The second-order valence-corrected chi connectivity index (χ2v) is 6.47. The predicted molar refractivity (Wildman–Crippen MR) is 102 cm³/mol. The molecule has 0 aliphatic rings. The van der Waals surface area contributed by atoms with Gasteiger partial charge >= 0.3 is 0 Å². The van der Waals surface area contributed by atoms with Gasteiger partial charge in [0.1, 0.15) is 0 Å². The number of anilines is 1. The number of nitrogens with zero attached hydrogens (tertiary/aromatic N) is 1. The number of carbonyl (C=O) groups excluding carboxylic acids is 2. The molecule has 0 fully saturated rings. The number of benzene rings is 2. The van der Waals surface area contributed by atoms with Gasteiger partial charge in [-0.1, -0.05) is 53.5 Å². The average Bonchev–Trinajstić information content (AvgIpc) is 2.58. The summed E-state index contributed by atoms with van der Waals surface area (Å²) >= 11 is 12.1. The minimum Gasteiger partial charge on any atom is -0.333 e. The van der Waals surface area contributed by atoms with E-state index in [1.807, 2.05) is 38.1 Å². The molecule has 0 aromatic heterocycles. The van der Waals surface area contributed by atoms with Crippen molar-refractivity contribution < 1.29 is 9.59 Å². The Balaban J connectivity index is 2.02. The SMILES string of the molecule is CCN(CC(=O)Nc1c(Cl)cccc1Cl)C(=O)Cc1ccccc1C. The third-order valence-corrected chi connectivity index (χ3v) is 4.53. The molecule has 2 aromatic rings. The van der Waals surface area contributed by atoms with E-state index in [0.29, 0.717) is 22.3 Å². The third-order valence-electron chi connectivity index (χ3n) is 3.90. The number of likely N-dealkylation sites (N-methyl/N-ethyl adjacent to an activating group) is 1. The fraction of sp³-hybridized carbons (Fsp3) is 0.263. The number of hydrogen-bond donors (Lipinski definition) is 1. The first-order chi connectivity index (χ1) is 11.9. The van der Waals surface area contributed by atoms with Crippen molar-refractivity contribution in [3.05, 3.63) is 63.6 Å². The van der Waals surface area contributed by atoms with Crippen LogP contribution >= 0.6 is 23.2 Å². The number of nitrogens with one attached hydrogen (secondary N) is 1. The molecule has 0 bridgehead atoms. The average molecular weight is 379 g/mol. The quantitative estimate of drug-likeness (QED) is 0.812. The lowest BCUT2D eigenvalue weighted by Crippen LogP contribution is -2.38. The van der Waals surface area contributed by atoms with E-state index in [-0.39, 0.29) is 24.8 Å². The van der Waals surface area contributed by atoms with E-state index >= 15 is 0 Å². The number of carbonyl (C=O) groups is 2. The first-order valence-electron chi connectivity index (χ1n) is 7.98. The molecule has 132 valence electrons. The maximum atomic E-state index is 12.5. The van der Waals surface area contributed by atoms with Crippen LogP contribution in [0.1, 0.15) is 18.1 Å². The highest BCUT2D eigenvalue weighted by atomic mass is 35.5. The highest BCUT2D eigenvalue weighted by Crippen LogP contribution is 2.29. The highest BCUT2D eigenvalue weighted by molar-refractivity contribution is 6.39. The summed E-state index contributed by atoms with van der Waals surface area (Å²) in [5, 5.41) is 3.39. The predicted octanol–water partition coefficient (Wildman–Crippen LogP) is 4.33. The molecular weight excluding hydrogens is 359 g/mol. The Labute approximate surface area is 157 Å². The van der Waals surface area contributed by atoms with Crippen LogP contribution in [0.5, 0.6) is 0 Å². The zero-order valence-electron chi connectivity index (χ0n) is 14.2. The lowest BCUT2D eigenvalue weighted by molar-refractivity contribution is -0.133. The fourth-order valence-corrected chi connectivity index (χ4v) is 2.92. The summed E-state index contributed by atoms with van der Waals surface area (Å²) < 4.78 is 0. The summed E-state index contributed by atoms with van der Waals surface area (Å²) in [6, 6.07) is 12.7. The van der Waals surface area contributed by atoms with E-state index in [0.717, 1.165) is 11.1 Å². The topological polar surface area (TPSA) is 49.4 Å². The lowest BCUT2D eigenvalue weighted by atomic mass is 10.1. The molecule has 2 aromatic carbocycles. The van der Waals surface area contributed by atoms with E-state index < -0.39 is 0 Å². The third kappa shape index (κ3) is 5.21. The van der Waals surface area contributed by atoms with Gasteiger partial charge < -0.3 is 10.2 Å². The van der Waals surface area contributed by atoms with Crippen molar-refractivity contribution in [3.8, 4) is 0 Å². The Morgan fingerprint density at radius 1 is 1.04 bits per heavy atom. The Hall–Kier alpha value is -2.04. The van der Waals surface area contributed by atoms with Crippen LogP contribution < -0.4 is 5.32 Å². The van der Waals surface area contributed by atoms with Crippen LogP contribution in [0.25, 0.3) is 0 Å². The Bertz CT molecular complexity index is 758. The van der Waals surface area contributed by atoms with Crippen LogP contribution in [-0.4, -0.2) is 29.8 Å². The molecule has 0 heterocycles. The standard InChI is InChI=1S/C19H20Cl2N2O2/c1-3-23(18(25)11-14-8-5-4-7-13(14)2)12-17(24)22-19-15(20)9-6-10-16(19)21/h4-10H,3,11-12H2,1-2H3,(H,22,24). The van der Waals surface area contributed by atoms with E-state index in [4.69, 9.17) is 23.2 Å². The summed E-state index contributed by atoms with van der Waals surface area (Å²) in [4.78, 5) is 26.3. The number of hydrogen-bond acceptors (Lipinski definition) is 2. The molecule has 0 spiro atoms. The van der Waals surface area contributed by atoms with Crippen LogP contribution in [0, 0.1) is 6.92 Å². The van der Waals surface area contributed by atoms with E-state index in [9.17, 15) is 9.59 Å². The molecule has 4 nitrogen and oxygen atoms in total. The van der Waals surface area contributed by atoms with Crippen LogP contribution in [0.15, 0.2) is 42.5 Å². The van der Waals surface area contributed by atoms with Gasteiger partial charge in [-0.2, -0.15) is 0 Å².